The fraction of sp³-hybridized carbons (Fsp3) is 0.692. The molecule has 0 aromatic carbocycles. The van der Waals surface area contributed by atoms with Crippen LogP contribution in [-0.2, 0) is 11.3 Å². The van der Waals surface area contributed by atoms with Crippen LogP contribution in [0.5, 0.6) is 0 Å². The van der Waals surface area contributed by atoms with Gasteiger partial charge in [0.2, 0.25) is 0 Å². The Morgan fingerprint density at radius 1 is 1.40 bits per heavy atom. The molecular weight excluding hydrogens is 358 g/mol. The van der Waals surface area contributed by atoms with Gasteiger partial charge in [-0.2, -0.15) is 11.8 Å². The maximum absolute atomic E-state index is 5.25. The van der Waals surface area contributed by atoms with Gasteiger partial charge in [-0.3, -0.25) is 0 Å². The van der Waals surface area contributed by atoms with E-state index in [1.54, 1.807) is 7.11 Å². The Bertz CT molecular complexity index is 442. The normalized spacial score (nSPS) is 19.1. The number of aromatic nitrogens is 2. The molecule has 0 saturated carbocycles. The van der Waals surface area contributed by atoms with E-state index in [0.29, 0.717) is 11.9 Å². The number of hydrogen-bond donors (Lipinski definition) is 1. The zero-order valence-corrected chi connectivity index (χ0v) is 15.0. The molecule has 2 rings (SSSR count). The van der Waals surface area contributed by atoms with Crippen LogP contribution in [0.4, 0.5) is 5.82 Å². The van der Waals surface area contributed by atoms with Crippen molar-refractivity contribution in [2.24, 2.45) is 0 Å². The number of nitrogens with zero attached hydrogens (tertiary/aromatic N) is 2. The molecule has 4 nitrogen and oxygen atoms in total. The van der Waals surface area contributed by atoms with Gasteiger partial charge in [-0.15, -0.1) is 11.8 Å². The lowest BCUT2D eigenvalue weighted by Crippen LogP contribution is -2.14. The van der Waals surface area contributed by atoms with Gasteiger partial charge < -0.3 is 10.1 Å². The minimum absolute atomic E-state index is 0.389. The molecular formula is C13H20BrN3OS2. The van der Waals surface area contributed by atoms with E-state index in [0.717, 1.165) is 40.5 Å². The largest absolute Gasteiger partial charge is 0.378 e. The zero-order valence-electron chi connectivity index (χ0n) is 11.8. The summed E-state index contributed by atoms with van der Waals surface area (Å²) in [6, 6.07) is 0. The molecule has 1 aliphatic rings. The zero-order chi connectivity index (χ0) is 14.4. The van der Waals surface area contributed by atoms with Crippen LogP contribution in [0, 0.1) is 0 Å². The van der Waals surface area contributed by atoms with Gasteiger partial charge in [0.25, 0.3) is 0 Å². The second-order valence-electron chi connectivity index (χ2n) is 4.49. The van der Waals surface area contributed by atoms with E-state index in [-0.39, 0.29) is 0 Å². The third-order valence-electron chi connectivity index (χ3n) is 2.86. The first-order valence-electron chi connectivity index (χ1n) is 6.74. The Kier molecular flexibility index (Phi) is 6.93. The molecule has 0 bridgehead atoms. The molecule has 1 fully saturated rings. The SMILES string of the molecule is CCCNc1nc(C2CSCCS2)nc(COC)c1Br. The average molecular weight is 378 g/mol. The summed E-state index contributed by atoms with van der Waals surface area (Å²) in [5, 5.41) is 3.76. The van der Waals surface area contributed by atoms with Crippen LogP contribution in [0.2, 0.25) is 0 Å². The first-order valence-corrected chi connectivity index (χ1v) is 9.74. The quantitative estimate of drug-likeness (QED) is 0.814. The van der Waals surface area contributed by atoms with Crippen molar-refractivity contribution in [1.82, 2.24) is 9.97 Å². The average Bonchev–Trinajstić information content (AvgIpc) is 2.49. The standard InChI is InChI=1S/C13H20BrN3OS2/c1-3-4-15-13-11(14)9(7-18-2)16-12(17-13)10-8-19-5-6-20-10/h10H,3-8H2,1-2H3,(H,15,16,17). The van der Waals surface area contributed by atoms with E-state index < -0.39 is 0 Å². The van der Waals surface area contributed by atoms with Crippen LogP contribution in [0.1, 0.15) is 30.1 Å². The first kappa shape index (κ1) is 16.4. The molecule has 1 aromatic heterocycles. The molecule has 1 atom stereocenters. The summed E-state index contributed by atoms with van der Waals surface area (Å²) in [5.41, 5.74) is 0.923. The van der Waals surface area contributed by atoms with Crippen molar-refractivity contribution >= 4 is 45.3 Å². The number of thioether (sulfide) groups is 2. The minimum Gasteiger partial charge on any atom is -0.378 e. The lowest BCUT2D eigenvalue weighted by Gasteiger charge is -2.21. The number of rotatable bonds is 6. The van der Waals surface area contributed by atoms with Crippen LogP contribution in [0.25, 0.3) is 0 Å². The van der Waals surface area contributed by atoms with E-state index in [4.69, 9.17) is 14.7 Å². The van der Waals surface area contributed by atoms with Gasteiger partial charge in [0, 0.05) is 30.9 Å². The van der Waals surface area contributed by atoms with E-state index in [1.165, 1.54) is 11.5 Å². The summed E-state index contributed by atoms with van der Waals surface area (Å²) in [4.78, 5) is 9.41. The fourth-order valence-electron chi connectivity index (χ4n) is 1.89. The minimum atomic E-state index is 0.389. The van der Waals surface area contributed by atoms with Crippen molar-refractivity contribution < 1.29 is 4.74 Å². The van der Waals surface area contributed by atoms with Gasteiger partial charge >= 0.3 is 0 Å². The lowest BCUT2D eigenvalue weighted by atomic mass is 10.3. The highest BCUT2D eigenvalue weighted by atomic mass is 79.9. The van der Waals surface area contributed by atoms with E-state index in [1.807, 2.05) is 23.5 Å². The number of anilines is 1. The molecule has 0 spiro atoms. The van der Waals surface area contributed by atoms with Crippen LogP contribution >= 0.6 is 39.5 Å². The third kappa shape index (κ3) is 4.26. The Hall–Kier alpha value is 0.0200. The summed E-state index contributed by atoms with van der Waals surface area (Å²) in [7, 11) is 1.69. The van der Waals surface area contributed by atoms with Crippen LogP contribution in [-0.4, -0.2) is 40.9 Å². The monoisotopic (exact) mass is 377 g/mol. The Balaban J connectivity index is 2.27. The molecule has 0 aliphatic carbocycles. The highest BCUT2D eigenvalue weighted by Gasteiger charge is 2.22. The van der Waals surface area contributed by atoms with Crippen molar-refractivity contribution in [1.29, 1.82) is 0 Å². The van der Waals surface area contributed by atoms with E-state index in [2.05, 4.69) is 28.2 Å². The number of hydrogen-bond acceptors (Lipinski definition) is 6. The van der Waals surface area contributed by atoms with Crippen LogP contribution in [0.15, 0.2) is 4.47 Å². The van der Waals surface area contributed by atoms with Crippen LogP contribution in [0.3, 0.4) is 0 Å². The summed E-state index contributed by atoms with van der Waals surface area (Å²) >= 11 is 7.52. The molecule has 2 heterocycles. The molecule has 7 heteroatoms. The second-order valence-corrected chi connectivity index (χ2v) is 7.74. The van der Waals surface area contributed by atoms with Gasteiger partial charge in [0.15, 0.2) is 0 Å². The molecule has 0 radical (unpaired) electrons. The molecule has 112 valence electrons. The number of halogens is 1. The first-order chi connectivity index (χ1) is 9.76. The predicted molar refractivity (Wildman–Crippen MR) is 91.7 cm³/mol. The lowest BCUT2D eigenvalue weighted by molar-refractivity contribution is 0.180. The van der Waals surface area contributed by atoms with Gasteiger partial charge in [0.05, 0.1) is 22.0 Å². The molecule has 1 aromatic rings. The molecule has 1 N–H and O–H groups in total. The van der Waals surface area contributed by atoms with Gasteiger partial charge in [-0.25, -0.2) is 9.97 Å². The predicted octanol–water partition coefficient (Wildman–Crippen LogP) is 3.73. The van der Waals surface area contributed by atoms with Gasteiger partial charge in [0.1, 0.15) is 11.6 Å². The maximum Gasteiger partial charge on any atom is 0.144 e. The summed E-state index contributed by atoms with van der Waals surface area (Å²) in [5.74, 6) is 5.30. The summed E-state index contributed by atoms with van der Waals surface area (Å²) in [6.07, 6.45) is 1.07. The van der Waals surface area contributed by atoms with Crippen molar-refractivity contribution in [3.63, 3.8) is 0 Å². The topological polar surface area (TPSA) is 47.0 Å². The molecule has 0 amide bonds. The van der Waals surface area contributed by atoms with Crippen molar-refractivity contribution in [2.45, 2.75) is 25.2 Å². The maximum atomic E-state index is 5.25. The number of nitrogens with one attached hydrogen (secondary N) is 1. The van der Waals surface area contributed by atoms with Crippen molar-refractivity contribution in [2.75, 3.05) is 36.2 Å². The Morgan fingerprint density at radius 2 is 2.25 bits per heavy atom. The van der Waals surface area contributed by atoms with E-state index >= 15 is 0 Å². The van der Waals surface area contributed by atoms with E-state index in [9.17, 15) is 0 Å². The fourth-order valence-corrected chi connectivity index (χ4v) is 4.92. The highest BCUT2D eigenvalue weighted by Crippen LogP contribution is 2.37. The summed E-state index contributed by atoms with van der Waals surface area (Å²) < 4.78 is 6.17. The molecule has 1 saturated heterocycles. The van der Waals surface area contributed by atoms with Gasteiger partial charge in [-0.1, -0.05) is 6.92 Å². The highest BCUT2D eigenvalue weighted by molar-refractivity contribution is 9.10. The number of ether oxygens (including phenoxy) is 1. The Morgan fingerprint density at radius 3 is 2.90 bits per heavy atom. The molecule has 1 unspecified atom stereocenters. The van der Waals surface area contributed by atoms with Crippen LogP contribution < -0.4 is 5.32 Å². The number of methoxy groups -OCH3 is 1. The smallest absolute Gasteiger partial charge is 0.144 e. The Labute approximate surface area is 137 Å². The molecule has 20 heavy (non-hydrogen) atoms. The van der Waals surface area contributed by atoms with Crippen molar-refractivity contribution in [3.8, 4) is 0 Å². The summed E-state index contributed by atoms with van der Waals surface area (Å²) in [6.45, 7) is 3.56. The molecule has 1 aliphatic heterocycles. The van der Waals surface area contributed by atoms with Gasteiger partial charge in [-0.05, 0) is 22.4 Å². The second kappa shape index (κ2) is 8.46. The van der Waals surface area contributed by atoms with Crippen molar-refractivity contribution in [3.05, 3.63) is 16.0 Å². The third-order valence-corrected chi connectivity index (χ3v) is 6.45.